The number of nitrogens with two attached hydrogens (primary N) is 2. The molecule has 0 fully saturated rings. The molecule has 0 aliphatic rings. The Labute approximate surface area is 114 Å². The Bertz CT molecular complexity index is 491. The van der Waals surface area contributed by atoms with E-state index in [-0.39, 0.29) is 11.9 Å². The molecule has 0 atom stereocenters. The smallest absolute Gasteiger partial charge is 0.370 e. The molecule has 1 rings (SSSR count). The molecule has 0 spiro atoms. The van der Waals surface area contributed by atoms with Crippen LogP contribution in [-0.2, 0) is 12.6 Å². The maximum atomic E-state index is 12.4. The average Bonchev–Trinajstić information content (AvgIpc) is 2.38. The van der Waals surface area contributed by atoms with Crippen LogP contribution in [0.3, 0.4) is 0 Å². The summed E-state index contributed by atoms with van der Waals surface area (Å²) in [5.41, 5.74) is 11.0. The molecule has 0 saturated heterocycles. The van der Waals surface area contributed by atoms with Crippen molar-refractivity contribution in [2.45, 2.75) is 12.6 Å². The highest BCUT2D eigenvalue weighted by Gasteiger charge is 2.29. The second-order valence-electron chi connectivity index (χ2n) is 3.95. The van der Waals surface area contributed by atoms with E-state index < -0.39 is 11.7 Å². The molecule has 0 aromatic heterocycles. The van der Waals surface area contributed by atoms with Crippen molar-refractivity contribution in [2.75, 3.05) is 13.6 Å². The summed E-state index contributed by atoms with van der Waals surface area (Å²) in [6.45, 7) is 0.335. The van der Waals surface area contributed by atoms with Crippen molar-refractivity contribution in [3.8, 4) is 0 Å². The number of benzene rings is 1. The zero-order chi connectivity index (χ0) is 15.2. The van der Waals surface area contributed by atoms with Crippen LogP contribution in [0.25, 0.3) is 0 Å². The van der Waals surface area contributed by atoms with Crippen molar-refractivity contribution in [3.63, 3.8) is 0 Å². The van der Waals surface area contributed by atoms with E-state index >= 15 is 0 Å². The first-order valence-electron chi connectivity index (χ1n) is 5.78. The maximum Gasteiger partial charge on any atom is 0.416 e. The summed E-state index contributed by atoms with van der Waals surface area (Å²) >= 11 is 0. The molecule has 0 radical (unpaired) electrons. The molecule has 5 N–H and O–H groups in total. The van der Waals surface area contributed by atoms with Gasteiger partial charge < -0.3 is 11.5 Å². The van der Waals surface area contributed by atoms with Crippen LogP contribution in [0.1, 0.15) is 11.1 Å². The standard InChI is InChI=1S/C12H16F3N5/c1-18-10(16)20-11(17)19-7-6-8-2-4-9(5-3-8)12(13,14)15/h2-5H,6-7H2,1H3,(H5,16,17,18,19,20). The van der Waals surface area contributed by atoms with Gasteiger partial charge in [0.1, 0.15) is 0 Å². The van der Waals surface area contributed by atoms with Crippen LogP contribution in [-0.4, -0.2) is 25.5 Å². The molecule has 5 nitrogen and oxygen atoms in total. The van der Waals surface area contributed by atoms with E-state index in [0.29, 0.717) is 13.0 Å². The number of halogens is 3. The van der Waals surface area contributed by atoms with Crippen LogP contribution in [0.4, 0.5) is 13.2 Å². The van der Waals surface area contributed by atoms with Crippen LogP contribution in [0.2, 0.25) is 0 Å². The number of hydrogen-bond donors (Lipinski definition) is 3. The van der Waals surface area contributed by atoms with Gasteiger partial charge in [-0.1, -0.05) is 12.1 Å². The highest BCUT2D eigenvalue weighted by Crippen LogP contribution is 2.29. The fourth-order valence-electron chi connectivity index (χ4n) is 1.39. The van der Waals surface area contributed by atoms with Crippen molar-refractivity contribution in [2.24, 2.45) is 21.5 Å². The monoisotopic (exact) mass is 287 g/mol. The summed E-state index contributed by atoms with van der Waals surface area (Å²) in [7, 11) is 1.50. The Morgan fingerprint density at radius 3 is 2.25 bits per heavy atom. The fraction of sp³-hybridized carbons (Fsp3) is 0.333. The molecular weight excluding hydrogens is 271 g/mol. The van der Waals surface area contributed by atoms with Gasteiger partial charge in [-0.3, -0.25) is 15.3 Å². The van der Waals surface area contributed by atoms with Gasteiger partial charge in [0.15, 0.2) is 11.9 Å². The van der Waals surface area contributed by atoms with Crippen molar-refractivity contribution in [3.05, 3.63) is 35.4 Å². The van der Waals surface area contributed by atoms with E-state index in [9.17, 15) is 13.2 Å². The minimum atomic E-state index is -4.32. The van der Waals surface area contributed by atoms with Gasteiger partial charge in [-0.2, -0.15) is 13.2 Å². The first kappa shape index (κ1) is 15.8. The normalized spacial score (nSPS) is 13.4. The van der Waals surface area contributed by atoms with E-state index in [2.05, 4.69) is 15.3 Å². The predicted octanol–water partition coefficient (Wildman–Crippen LogP) is 1.10. The molecule has 0 unspecified atom stereocenters. The topological polar surface area (TPSA) is 88.8 Å². The Kier molecular flexibility index (Phi) is 5.36. The van der Waals surface area contributed by atoms with Crippen molar-refractivity contribution in [1.29, 1.82) is 0 Å². The summed E-state index contributed by atoms with van der Waals surface area (Å²) in [6.07, 6.45) is -3.84. The first-order valence-corrected chi connectivity index (χ1v) is 5.78. The van der Waals surface area contributed by atoms with Gasteiger partial charge in [0.25, 0.3) is 0 Å². The summed E-state index contributed by atoms with van der Waals surface area (Å²) in [6, 6.07) is 4.93. The van der Waals surface area contributed by atoms with Crippen molar-refractivity contribution in [1.82, 2.24) is 5.32 Å². The van der Waals surface area contributed by atoms with Crippen LogP contribution in [0, 0.1) is 0 Å². The summed E-state index contributed by atoms with van der Waals surface area (Å²) in [4.78, 5) is 7.62. The minimum Gasteiger partial charge on any atom is -0.370 e. The SMILES string of the molecule is CN=C(N)NC(N)=NCCc1ccc(C(F)(F)F)cc1. The third-order valence-electron chi connectivity index (χ3n) is 2.46. The molecule has 1 aromatic carbocycles. The predicted molar refractivity (Wildman–Crippen MR) is 72.3 cm³/mol. The van der Waals surface area contributed by atoms with Gasteiger partial charge in [-0.15, -0.1) is 0 Å². The number of nitrogens with zero attached hydrogens (tertiary/aromatic N) is 2. The lowest BCUT2D eigenvalue weighted by molar-refractivity contribution is -0.137. The maximum absolute atomic E-state index is 12.4. The summed E-state index contributed by atoms with van der Waals surface area (Å²) < 4.78 is 37.1. The third kappa shape index (κ3) is 5.17. The lowest BCUT2D eigenvalue weighted by atomic mass is 10.1. The second-order valence-corrected chi connectivity index (χ2v) is 3.95. The average molecular weight is 287 g/mol. The van der Waals surface area contributed by atoms with Crippen LogP contribution in [0.15, 0.2) is 34.3 Å². The summed E-state index contributed by atoms with van der Waals surface area (Å²) in [5, 5.41) is 2.55. The molecule has 0 aliphatic carbocycles. The second kappa shape index (κ2) is 6.78. The molecule has 8 heteroatoms. The quantitative estimate of drug-likeness (QED) is 0.574. The van der Waals surface area contributed by atoms with Crippen LogP contribution < -0.4 is 16.8 Å². The van der Waals surface area contributed by atoms with Gasteiger partial charge in [-0.05, 0) is 24.1 Å². The Morgan fingerprint density at radius 2 is 1.75 bits per heavy atom. The van der Waals surface area contributed by atoms with Gasteiger partial charge in [0.2, 0.25) is 0 Å². The highest BCUT2D eigenvalue weighted by atomic mass is 19.4. The van der Waals surface area contributed by atoms with Crippen LogP contribution >= 0.6 is 0 Å². The van der Waals surface area contributed by atoms with E-state index in [1.54, 1.807) is 0 Å². The molecule has 0 heterocycles. The Balaban J connectivity index is 2.52. The minimum absolute atomic E-state index is 0.111. The number of aliphatic imine (C=N–C) groups is 2. The molecule has 0 bridgehead atoms. The highest BCUT2D eigenvalue weighted by molar-refractivity contribution is 5.96. The molecule has 0 amide bonds. The number of rotatable bonds is 3. The van der Waals surface area contributed by atoms with Crippen LogP contribution in [0.5, 0.6) is 0 Å². The molecule has 0 aliphatic heterocycles. The zero-order valence-electron chi connectivity index (χ0n) is 10.9. The Morgan fingerprint density at radius 1 is 1.15 bits per heavy atom. The fourth-order valence-corrected chi connectivity index (χ4v) is 1.39. The van der Waals surface area contributed by atoms with E-state index in [0.717, 1.165) is 17.7 Å². The molecule has 1 aromatic rings. The van der Waals surface area contributed by atoms with Crippen molar-refractivity contribution < 1.29 is 13.2 Å². The number of nitrogens with one attached hydrogen (secondary N) is 1. The van der Waals surface area contributed by atoms with E-state index in [1.807, 2.05) is 0 Å². The molecule has 110 valence electrons. The van der Waals surface area contributed by atoms with Gasteiger partial charge in [0.05, 0.1) is 5.56 Å². The number of guanidine groups is 2. The van der Waals surface area contributed by atoms with E-state index in [4.69, 9.17) is 11.5 Å². The first-order chi connectivity index (χ1) is 9.32. The lowest BCUT2D eigenvalue weighted by Crippen LogP contribution is -2.41. The number of alkyl halides is 3. The number of hydrogen-bond acceptors (Lipinski definition) is 2. The summed E-state index contributed by atoms with van der Waals surface area (Å²) in [5.74, 6) is 0.251. The molecular formula is C12H16F3N5. The molecule has 20 heavy (non-hydrogen) atoms. The largest absolute Gasteiger partial charge is 0.416 e. The third-order valence-corrected chi connectivity index (χ3v) is 2.46. The Hall–Kier alpha value is -2.25. The lowest BCUT2D eigenvalue weighted by Gasteiger charge is -2.07. The molecule has 0 saturated carbocycles. The van der Waals surface area contributed by atoms with E-state index in [1.165, 1.54) is 19.2 Å². The van der Waals surface area contributed by atoms with Gasteiger partial charge in [-0.25, -0.2) is 0 Å². The van der Waals surface area contributed by atoms with Gasteiger partial charge >= 0.3 is 6.18 Å². The van der Waals surface area contributed by atoms with Gasteiger partial charge in [0, 0.05) is 13.6 Å². The van der Waals surface area contributed by atoms with Crippen molar-refractivity contribution >= 4 is 11.9 Å². The zero-order valence-corrected chi connectivity index (χ0v) is 10.9.